The van der Waals surface area contributed by atoms with Crippen LogP contribution in [-0.2, 0) is 26.0 Å². The van der Waals surface area contributed by atoms with Crippen molar-refractivity contribution in [3.63, 3.8) is 0 Å². The quantitative estimate of drug-likeness (QED) is 0.513. The van der Waals surface area contributed by atoms with Gasteiger partial charge in [-0.25, -0.2) is 13.2 Å². The Hall–Kier alpha value is -2.95. The number of hydrogen-bond acceptors (Lipinski definition) is 6. The first-order valence-corrected chi connectivity index (χ1v) is 14.1. The molecule has 2 saturated heterocycles. The first-order chi connectivity index (χ1) is 17.6. The number of aliphatic carboxylic acids is 1. The molecule has 0 aliphatic carbocycles. The van der Waals surface area contributed by atoms with Crippen molar-refractivity contribution in [2.24, 2.45) is 0 Å². The Bertz CT molecular complexity index is 1210. The second kappa shape index (κ2) is 11.6. The van der Waals surface area contributed by atoms with Crippen molar-refractivity contribution in [2.75, 3.05) is 26.7 Å². The summed E-state index contributed by atoms with van der Waals surface area (Å²) < 4.78 is 33.7. The molecular weight excluding hydrogens is 494 g/mol. The number of rotatable bonds is 9. The van der Waals surface area contributed by atoms with E-state index >= 15 is 0 Å². The van der Waals surface area contributed by atoms with Crippen molar-refractivity contribution < 1.29 is 27.9 Å². The number of ether oxygens (including phenoxy) is 1. The molecule has 37 heavy (non-hydrogen) atoms. The van der Waals surface area contributed by atoms with Gasteiger partial charge < -0.3 is 20.1 Å². The molecule has 10 heteroatoms. The Balaban J connectivity index is 1.42. The fraction of sp³-hybridized carbons (Fsp3) is 0.481. The van der Waals surface area contributed by atoms with Crippen molar-refractivity contribution in [2.45, 2.75) is 62.1 Å². The highest BCUT2D eigenvalue weighted by Crippen LogP contribution is 2.27. The van der Waals surface area contributed by atoms with Crippen LogP contribution in [0.15, 0.2) is 53.4 Å². The summed E-state index contributed by atoms with van der Waals surface area (Å²) in [5, 5.41) is 12.4. The topological polar surface area (TPSA) is 116 Å². The first kappa shape index (κ1) is 27.1. The van der Waals surface area contributed by atoms with Crippen LogP contribution in [0, 0.1) is 6.92 Å². The summed E-state index contributed by atoms with van der Waals surface area (Å²) in [4.78, 5) is 27.6. The van der Waals surface area contributed by atoms with Gasteiger partial charge in [0.05, 0.1) is 4.90 Å². The van der Waals surface area contributed by atoms with Crippen LogP contribution in [0.2, 0.25) is 0 Å². The molecule has 1 unspecified atom stereocenters. The largest absolute Gasteiger partial charge is 0.490 e. The third-order valence-corrected chi connectivity index (χ3v) is 8.98. The van der Waals surface area contributed by atoms with Crippen molar-refractivity contribution in [3.05, 3.63) is 59.7 Å². The smallest absolute Gasteiger partial charge is 0.326 e. The number of benzene rings is 2. The molecule has 0 radical (unpaired) electrons. The van der Waals surface area contributed by atoms with E-state index in [1.54, 1.807) is 18.2 Å². The lowest BCUT2D eigenvalue weighted by molar-refractivity contribution is -0.142. The third kappa shape index (κ3) is 6.68. The number of carboxylic acid groups (broad SMARTS) is 1. The van der Waals surface area contributed by atoms with Crippen molar-refractivity contribution in [1.82, 2.24) is 14.5 Å². The van der Waals surface area contributed by atoms with Crippen LogP contribution < -0.4 is 10.1 Å². The van der Waals surface area contributed by atoms with E-state index in [2.05, 4.69) is 17.3 Å². The molecule has 2 N–H and O–H groups in total. The maximum Gasteiger partial charge on any atom is 0.326 e. The third-order valence-electron chi connectivity index (χ3n) is 7.06. The lowest BCUT2D eigenvalue weighted by atomic mass is 10.0. The fourth-order valence-corrected chi connectivity index (χ4v) is 6.54. The second-order valence-corrected chi connectivity index (χ2v) is 11.8. The van der Waals surface area contributed by atoms with E-state index in [0.717, 1.165) is 31.5 Å². The fourth-order valence-electron chi connectivity index (χ4n) is 4.88. The summed E-state index contributed by atoms with van der Waals surface area (Å²) in [7, 11) is -1.80. The summed E-state index contributed by atoms with van der Waals surface area (Å²) in [6.45, 7) is 4.01. The monoisotopic (exact) mass is 529 g/mol. The molecule has 200 valence electrons. The van der Waals surface area contributed by atoms with Gasteiger partial charge in [-0.15, -0.1) is 0 Å². The van der Waals surface area contributed by atoms with E-state index < -0.39 is 34.0 Å². The van der Waals surface area contributed by atoms with Gasteiger partial charge >= 0.3 is 5.97 Å². The number of nitrogens with one attached hydrogen (secondary N) is 1. The molecule has 2 fully saturated rings. The van der Waals surface area contributed by atoms with Gasteiger partial charge in [0.15, 0.2) is 0 Å². The summed E-state index contributed by atoms with van der Waals surface area (Å²) in [6.07, 6.45) is 2.89. The Morgan fingerprint density at radius 3 is 2.46 bits per heavy atom. The lowest BCUT2D eigenvalue weighted by Gasteiger charge is -2.29. The highest BCUT2D eigenvalue weighted by molar-refractivity contribution is 7.89. The van der Waals surface area contributed by atoms with Crippen molar-refractivity contribution >= 4 is 21.9 Å². The van der Waals surface area contributed by atoms with Crippen molar-refractivity contribution in [1.29, 1.82) is 0 Å². The van der Waals surface area contributed by atoms with Gasteiger partial charge in [-0.2, -0.15) is 4.31 Å². The molecule has 2 aromatic rings. The zero-order chi connectivity index (χ0) is 26.6. The van der Waals surface area contributed by atoms with Crippen LogP contribution in [0.25, 0.3) is 0 Å². The Morgan fingerprint density at radius 1 is 1.08 bits per heavy atom. The van der Waals surface area contributed by atoms with Crippen LogP contribution in [0.1, 0.15) is 36.8 Å². The molecule has 0 spiro atoms. The zero-order valence-corrected chi connectivity index (χ0v) is 22.1. The minimum absolute atomic E-state index is 0.0586. The van der Waals surface area contributed by atoms with Crippen LogP contribution in [0.5, 0.6) is 5.75 Å². The molecule has 2 heterocycles. The van der Waals surface area contributed by atoms with Crippen LogP contribution in [-0.4, -0.2) is 79.5 Å². The number of hydrogen-bond donors (Lipinski definition) is 2. The molecule has 0 bridgehead atoms. The molecular formula is C27H35N3O6S. The van der Waals surface area contributed by atoms with Crippen LogP contribution >= 0.6 is 0 Å². The summed E-state index contributed by atoms with van der Waals surface area (Å²) >= 11 is 0. The van der Waals surface area contributed by atoms with E-state index in [1.165, 1.54) is 16.4 Å². The van der Waals surface area contributed by atoms with Crippen LogP contribution in [0.4, 0.5) is 0 Å². The van der Waals surface area contributed by atoms with Gasteiger partial charge in [0.2, 0.25) is 15.9 Å². The average molecular weight is 530 g/mol. The van der Waals surface area contributed by atoms with Gasteiger partial charge in [0.1, 0.15) is 23.9 Å². The predicted molar refractivity (Wildman–Crippen MR) is 139 cm³/mol. The number of piperidine rings is 1. The van der Waals surface area contributed by atoms with Crippen molar-refractivity contribution in [3.8, 4) is 5.75 Å². The SMILES string of the molecule is Cc1ccc(S(=O)(=O)N2CCC[C@H]2C(=O)NC(Cc2cccc(OC3CCN(C)CC3)c2)C(=O)O)cc1. The molecule has 9 nitrogen and oxygen atoms in total. The van der Waals surface area contributed by atoms with Gasteiger partial charge in [0.25, 0.3) is 0 Å². The number of sulfonamides is 1. The van der Waals surface area contributed by atoms with Crippen LogP contribution in [0.3, 0.4) is 0 Å². The molecule has 4 rings (SSSR count). The number of carboxylic acids is 1. The maximum absolute atomic E-state index is 13.2. The summed E-state index contributed by atoms with van der Waals surface area (Å²) in [5.74, 6) is -1.10. The minimum atomic E-state index is -3.88. The Kier molecular flexibility index (Phi) is 8.51. The standard InChI is InChI=1S/C27H35N3O6S/c1-19-8-10-23(11-9-19)37(34,35)30-14-4-7-25(30)26(31)28-24(27(32)33)18-20-5-3-6-22(17-20)36-21-12-15-29(2)16-13-21/h3,5-6,8-11,17,21,24-25H,4,7,12-16,18H2,1-2H3,(H,28,31)(H,32,33)/t24?,25-/m0/s1. The van der Waals surface area contributed by atoms with Gasteiger partial charge in [-0.05, 0) is 69.5 Å². The van der Waals surface area contributed by atoms with E-state index in [9.17, 15) is 23.1 Å². The second-order valence-electron chi connectivity index (χ2n) is 9.96. The molecule has 0 saturated carbocycles. The Labute approximate surface area is 218 Å². The molecule has 2 aliphatic heterocycles. The molecule has 1 amide bonds. The number of carbonyl (C=O) groups is 2. The minimum Gasteiger partial charge on any atom is -0.490 e. The van der Waals surface area contributed by atoms with Gasteiger partial charge in [-0.3, -0.25) is 4.79 Å². The molecule has 2 aromatic carbocycles. The number of amides is 1. The molecule has 2 aliphatic rings. The number of aryl methyl sites for hydroxylation is 1. The number of likely N-dealkylation sites (tertiary alicyclic amines) is 1. The summed E-state index contributed by atoms with van der Waals surface area (Å²) in [5.41, 5.74) is 1.65. The van der Waals surface area contributed by atoms with E-state index in [0.29, 0.717) is 24.2 Å². The average Bonchev–Trinajstić information content (AvgIpc) is 3.37. The maximum atomic E-state index is 13.2. The summed E-state index contributed by atoms with van der Waals surface area (Å²) in [6, 6.07) is 11.6. The number of carbonyl (C=O) groups excluding carboxylic acids is 1. The number of nitrogens with zero attached hydrogens (tertiary/aromatic N) is 2. The Morgan fingerprint density at radius 2 is 1.78 bits per heavy atom. The highest BCUT2D eigenvalue weighted by Gasteiger charge is 2.40. The molecule has 2 atom stereocenters. The normalized spacial score (nSPS) is 20.4. The van der Waals surface area contributed by atoms with E-state index in [1.807, 2.05) is 25.1 Å². The zero-order valence-electron chi connectivity index (χ0n) is 21.3. The van der Waals surface area contributed by atoms with E-state index in [-0.39, 0.29) is 24.0 Å². The van der Waals surface area contributed by atoms with Gasteiger partial charge in [-0.1, -0.05) is 29.8 Å². The lowest BCUT2D eigenvalue weighted by Crippen LogP contribution is -2.51. The predicted octanol–water partition coefficient (Wildman–Crippen LogP) is 2.43. The molecule has 0 aromatic heterocycles. The first-order valence-electron chi connectivity index (χ1n) is 12.7. The highest BCUT2D eigenvalue weighted by atomic mass is 32.2. The van der Waals surface area contributed by atoms with Gasteiger partial charge in [0, 0.05) is 26.1 Å². The van der Waals surface area contributed by atoms with E-state index in [4.69, 9.17) is 4.74 Å².